The van der Waals surface area contributed by atoms with Gasteiger partial charge in [0.1, 0.15) is 0 Å². The Morgan fingerprint density at radius 1 is 1.00 bits per heavy atom. The van der Waals surface area contributed by atoms with E-state index in [1.54, 1.807) is 12.3 Å². The van der Waals surface area contributed by atoms with Gasteiger partial charge in [0.15, 0.2) is 0 Å². The first-order chi connectivity index (χ1) is 12.2. The fourth-order valence-corrected chi connectivity index (χ4v) is 4.42. The first kappa shape index (κ1) is 18.9. The molecule has 1 aliphatic rings. The monoisotopic (exact) mass is 405 g/mol. The van der Waals surface area contributed by atoms with E-state index in [-0.39, 0.29) is 18.0 Å². The van der Waals surface area contributed by atoms with Crippen LogP contribution in [0.25, 0.3) is 0 Å². The summed E-state index contributed by atoms with van der Waals surface area (Å²) >= 11 is 6.10. The summed E-state index contributed by atoms with van der Waals surface area (Å²) in [5.74, 6) is 0. The third-order valence-electron chi connectivity index (χ3n) is 4.15. The smallest absolute Gasteiger partial charge is 0.368 e. The van der Waals surface area contributed by atoms with Crippen LogP contribution in [0, 0.1) is 0 Å². The van der Waals surface area contributed by atoms with E-state index in [0.717, 1.165) is 30.0 Å². The van der Waals surface area contributed by atoms with Gasteiger partial charge >= 0.3 is 6.18 Å². The van der Waals surface area contributed by atoms with Crippen molar-refractivity contribution in [2.75, 3.05) is 31.1 Å². The van der Waals surface area contributed by atoms with Crippen LogP contribution in [0.1, 0.15) is 5.56 Å². The molecule has 5 nitrogen and oxygen atoms in total. The molecule has 0 unspecified atom stereocenters. The molecule has 0 bridgehead atoms. The van der Waals surface area contributed by atoms with E-state index >= 15 is 0 Å². The zero-order valence-electron chi connectivity index (χ0n) is 13.4. The number of sulfonamides is 1. The Kier molecular flexibility index (Phi) is 5.14. The lowest BCUT2D eigenvalue weighted by molar-refractivity contribution is -0.137. The third-order valence-corrected chi connectivity index (χ3v) is 6.35. The molecule has 1 aromatic carbocycles. The van der Waals surface area contributed by atoms with Crippen molar-refractivity contribution >= 4 is 27.3 Å². The van der Waals surface area contributed by atoms with Gasteiger partial charge in [-0.1, -0.05) is 11.6 Å². The zero-order chi connectivity index (χ0) is 18.9. The topological polar surface area (TPSA) is 53.5 Å². The average molecular weight is 406 g/mol. The van der Waals surface area contributed by atoms with Gasteiger partial charge in [0.2, 0.25) is 10.0 Å². The zero-order valence-corrected chi connectivity index (χ0v) is 15.0. The molecule has 2 heterocycles. The molecule has 2 aromatic rings. The molecule has 1 aromatic heterocycles. The molecule has 0 radical (unpaired) electrons. The van der Waals surface area contributed by atoms with Crippen molar-refractivity contribution in [3.05, 3.63) is 53.3 Å². The molecule has 140 valence electrons. The van der Waals surface area contributed by atoms with E-state index in [1.165, 1.54) is 10.5 Å². The summed E-state index contributed by atoms with van der Waals surface area (Å²) in [5, 5.41) is 0.478. The van der Waals surface area contributed by atoms with Gasteiger partial charge in [-0.2, -0.15) is 17.5 Å². The Morgan fingerprint density at radius 2 is 1.62 bits per heavy atom. The first-order valence-corrected chi connectivity index (χ1v) is 9.53. The van der Waals surface area contributed by atoms with Crippen molar-refractivity contribution in [1.29, 1.82) is 0 Å². The van der Waals surface area contributed by atoms with E-state index in [9.17, 15) is 21.6 Å². The van der Waals surface area contributed by atoms with Gasteiger partial charge in [0, 0.05) is 38.6 Å². The molecule has 26 heavy (non-hydrogen) atoms. The maximum atomic E-state index is 12.6. The average Bonchev–Trinajstić information content (AvgIpc) is 2.62. The Labute approximate surface area is 154 Å². The lowest BCUT2D eigenvalue weighted by Gasteiger charge is -2.35. The lowest BCUT2D eigenvalue weighted by atomic mass is 10.2. The van der Waals surface area contributed by atoms with Crippen LogP contribution in [-0.4, -0.2) is 43.9 Å². The van der Waals surface area contributed by atoms with Crippen molar-refractivity contribution in [3.8, 4) is 0 Å². The van der Waals surface area contributed by atoms with Gasteiger partial charge < -0.3 is 4.90 Å². The number of nitrogens with zero attached hydrogens (tertiary/aromatic N) is 3. The van der Waals surface area contributed by atoms with E-state index in [4.69, 9.17) is 11.6 Å². The molecule has 0 amide bonds. The summed E-state index contributed by atoms with van der Waals surface area (Å²) in [6, 6.07) is 5.29. The number of rotatable bonds is 3. The summed E-state index contributed by atoms with van der Waals surface area (Å²) in [6.07, 6.45) is -1.38. The molecule has 0 aliphatic carbocycles. The highest BCUT2D eigenvalue weighted by atomic mass is 35.5. The van der Waals surface area contributed by atoms with Gasteiger partial charge in [-0.05, 0) is 30.3 Å². The molecule has 3 rings (SSSR count). The lowest BCUT2D eigenvalue weighted by Crippen LogP contribution is -2.48. The maximum Gasteiger partial charge on any atom is 0.416 e. The minimum atomic E-state index is -4.50. The largest absolute Gasteiger partial charge is 0.416 e. The summed E-state index contributed by atoms with van der Waals surface area (Å²) in [7, 11) is -3.85. The van der Waals surface area contributed by atoms with Crippen LogP contribution in [0.15, 0.2) is 47.6 Å². The minimum absolute atomic E-state index is 0.152. The summed E-state index contributed by atoms with van der Waals surface area (Å²) in [5.41, 5.74) is -0.109. The standard InChI is InChI=1S/C16H15ClF3N3O2S/c17-14-11-21-6-5-15(14)22-7-9-23(10-8-22)26(24,25)13-3-1-12(2-4-13)16(18,19)20/h1-6,11H,7-10H2. The number of halogens is 4. The van der Waals surface area contributed by atoms with Crippen LogP contribution in [0.2, 0.25) is 5.02 Å². The van der Waals surface area contributed by atoms with E-state index < -0.39 is 21.8 Å². The van der Waals surface area contributed by atoms with Gasteiger partial charge in [0.05, 0.1) is 21.2 Å². The predicted molar refractivity (Wildman–Crippen MR) is 91.7 cm³/mol. The second-order valence-corrected chi connectivity index (χ2v) is 8.09. The Hall–Kier alpha value is -1.84. The highest BCUT2D eigenvalue weighted by molar-refractivity contribution is 7.89. The summed E-state index contributed by atoms with van der Waals surface area (Å²) < 4.78 is 64.4. The molecule has 1 saturated heterocycles. The Bertz CT molecular complexity index is 880. The number of hydrogen-bond acceptors (Lipinski definition) is 4. The van der Waals surface area contributed by atoms with E-state index in [1.807, 2.05) is 4.90 Å². The van der Waals surface area contributed by atoms with Gasteiger partial charge in [-0.3, -0.25) is 4.98 Å². The van der Waals surface area contributed by atoms with E-state index in [2.05, 4.69) is 4.98 Å². The normalized spacial score (nSPS) is 16.7. The summed E-state index contributed by atoms with van der Waals surface area (Å²) in [4.78, 5) is 5.71. The molecule has 0 atom stereocenters. The third kappa shape index (κ3) is 3.79. The van der Waals surface area contributed by atoms with Crippen LogP contribution >= 0.6 is 11.6 Å². The number of pyridine rings is 1. The maximum absolute atomic E-state index is 12.6. The van der Waals surface area contributed by atoms with Crippen molar-refractivity contribution in [2.24, 2.45) is 0 Å². The first-order valence-electron chi connectivity index (χ1n) is 7.71. The SMILES string of the molecule is O=S(=O)(c1ccc(C(F)(F)F)cc1)N1CCN(c2ccncc2Cl)CC1. The van der Waals surface area contributed by atoms with Crippen molar-refractivity contribution < 1.29 is 21.6 Å². The summed E-state index contributed by atoms with van der Waals surface area (Å²) in [6.45, 7) is 1.26. The molecule has 0 N–H and O–H groups in total. The predicted octanol–water partition coefficient (Wildman–Crippen LogP) is 3.26. The highest BCUT2D eigenvalue weighted by Gasteiger charge is 2.32. The molecule has 0 spiro atoms. The fraction of sp³-hybridized carbons (Fsp3) is 0.312. The molecule has 1 aliphatic heterocycles. The number of hydrogen-bond donors (Lipinski definition) is 0. The molecular weight excluding hydrogens is 391 g/mol. The second-order valence-electron chi connectivity index (χ2n) is 5.74. The number of benzene rings is 1. The second kappa shape index (κ2) is 7.05. The van der Waals surface area contributed by atoms with Crippen LogP contribution in [-0.2, 0) is 16.2 Å². The van der Waals surface area contributed by atoms with E-state index in [0.29, 0.717) is 18.1 Å². The van der Waals surface area contributed by atoms with Gasteiger partial charge in [-0.15, -0.1) is 0 Å². The van der Waals surface area contributed by atoms with Crippen LogP contribution in [0.5, 0.6) is 0 Å². The molecule has 10 heteroatoms. The number of aromatic nitrogens is 1. The van der Waals surface area contributed by atoms with Crippen molar-refractivity contribution in [1.82, 2.24) is 9.29 Å². The van der Waals surface area contributed by atoms with Gasteiger partial charge in [-0.25, -0.2) is 8.42 Å². The number of alkyl halides is 3. The van der Waals surface area contributed by atoms with Crippen molar-refractivity contribution in [3.63, 3.8) is 0 Å². The van der Waals surface area contributed by atoms with Crippen molar-refractivity contribution in [2.45, 2.75) is 11.1 Å². The fourth-order valence-electron chi connectivity index (χ4n) is 2.76. The quantitative estimate of drug-likeness (QED) is 0.786. The molecule has 1 fully saturated rings. The van der Waals surface area contributed by atoms with Crippen LogP contribution in [0.4, 0.5) is 18.9 Å². The minimum Gasteiger partial charge on any atom is -0.368 e. The number of anilines is 1. The van der Waals surface area contributed by atoms with Crippen LogP contribution in [0.3, 0.4) is 0 Å². The van der Waals surface area contributed by atoms with Crippen LogP contribution < -0.4 is 4.90 Å². The molecular formula is C16H15ClF3N3O2S. The molecule has 0 saturated carbocycles. The highest BCUT2D eigenvalue weighted by Crippen LogP contribution is 2.31. The Balaban J connectivity index is 1.73. The van der Waals surface area contributed by atoms with Gasteiger partial charge in [0.25, 0.3) is 0 Å². The Morgan fingerprint density at radius 3 is 2.15 bits per heavy atom. The number of piperazine rings is 1.